The largest absolute Gasteiger partial charge is 0.334 e. The van der Waals surface area contributed by atoms with Gasteiger partial charge < -0.3 is 5.32 Å². The molecule has 1 aliphatic rings. The number of amides is 1. The highest BCUT2D eigenvalue weighted by atomic mass is 19.1. The fraction of sp³-hybridized carbons (Fsp3) is 0.0909. The van der Waals surface area contributed by atoms with Crippen LogP contribution in [-0.2, 0) is 16.9 Å². The van der Waals surface area contributed by atoms with Crippen LogP contribution in [0, 0.1) is 11.2 Å². The van der Waals surface area contributed by atoms with Crippen molar-refractivity contribution < 1.29 is 9.18 Å². The Kier molecular flexibility index (Phi) is 4.20. The molecule has 3 aromatic carbocycles. The van der Waals surface area contributed by atoms with Gasteiger partial charge in [0.1, 0.15) is 5.82 Å². The number of carbonyl (C=O) groups excluding carboxylic acids is 1. The molecular weight excluding hydrogens is 341 g/mol. The zero-order valence-corrected chi connectivity index (χ0v) is 14.5. The van der Waals surface area contributed by atoms with Crippen molar-refractivity contribution in [3.8, 4) is 0 Å². The monoisotopic (exact) mass is 359 g/mol. The van der Waals surface area contributed by atoms with Gasteiger partial charge in [0.05, 0.1) is 6.54 Å². The first-order valence-electron chi connectivity index (χ1n) is 8.65. The van der Waals surface area contributed by atoms with Crippen LogP contribution in [0.1, 0.15) is 16.7 Å². The SMILES string of the molecule is N=C1NC(c2ccccc2)(c2ccccc2)C(=O)N1Cc1ccc(F)cc1. The molecule has 4 nitrogen and oxygen atoms in total. The fourth-order valence-corrected chi connectivity index (χ4v) is 3.46. The molecule has 0 radical (unpaired) electrons. The lowest BCUT2D eigenvalue weighted by atomic mass is 9.82. The second-order valence-electron chi connectivity index (χ2n) is 6.47. The van der Waals surface area contributed by atoms with Gasteiger partial charge in [-0.25, -0.2) is 4.39 Å². The van der Waals surface area contributed by atoms with E-state index in [-0.39, 0.29) is 24.2 Å². The van der Waals surface area contributed by atoms with E-state index in [0.29, 0.717) is 0 Å². The summed E-state index contributed by atoms with van der Waals surface area (Å²) >= 11 is 0. The van der Waals surface area contributed by atoms with E-state index in [2.05, 4.69) is 5.32 Å². The molecule has 0 spiro atoms. The molecule has 1 heterocycles. The van der Waals surface area contributed by atoms with Gasteiger partial charge in [-0.05, 0) is 28.8 Å². The molecule has 2 N–H and O–H groups in total. The average Bonchev–Trinajstić information content (AvgIpc) is 2.96. The number of benzene rings is 3. The Labute approximate surface area is 156 Å². The maximum absolute atomic E-state index is 13.6. The zero-order chi connectivity index (χ0) is 18.9. The summed E-state index contributed by atoms with van der Waals surface area (Å²) in [5, 5.41) is 11.5. The molecule has 1 aliphatic heterocycles. The van der Waals surface area contributed by atoms with Crippen molar-refractivity contribution in [2.24, 2.45) is 0 Å². The van der Waals surface area contributed by atoms with E-state index < -0.39 is 5.54 Å². The quantitative estimate of drug-likeness (QED) is 0.747. The van der Waals surface area contributed by atoms with Crippen LogP contribution in [0.25, 0.3) is 0 Å². The minimum atomic E-state index is -1.15. The van der Waals surface area contributed by atoms with E-state index in [4.69, 9.17) is 5.41 Å². The fourth-order valence-electron chi connectivity index (χ4n) is 3.46. The molecule has 5 heteroatoms. The maximum Gasteiger partial charge on any atom is 0.264 e. The summed E-state index contributed by atoms with van der Waals surface area (Å²) in [4.78, 5) is 15.0. The van der Waals surface area contributed by atoms with Crippen LogP contribution in [0.15, 0.2) is 84.9 Å². The lowest BCUT2D eigenvalue weighted by molar-refractivity contribution is -0.130. The molecule has 1 amide bonds. The first-order valence-corrected chi connectivity index (χ1v) is 8.65. The van der Waals surface area contributed by atoms with E-state index in [1.54, 1.807) is 12.1 Å². The summed E-state index contributed by atoms with van der Waals surface area (Å²) in [6.45, 7) is 0.201. The third-order valence-corrected chi connectivity index (χ3v) is 4.81. The zero-order valence-electron chi connectivity index (χ0n) is 14.5. The smallest absolute Gasteiger partial charge is 0.264 e. The van der Waals surface area contributed by atoms with E-state index >= 15 is 0 Å². The number of rotatable bonds is 4. The minimum absolute atomic E-state index is 0.0250. The molecular formula is C22H18FN3O. The summed E-state index contributed by atoms with van der Waals surface area (Å²) in [5.41, 5.74) is 1.15. The van der Waals surface area contributed by atoms with Gasteiger partial charge >= 0.3 is 0 Å². The predicted octanol–water partition coefficient (Wildman–Crippen LogP) is 3.64. The van der Waals surface area contributed by atoms with Crippen LogP contribution in [0.4, 0.5) is 4.39 Å². The molecule has 0 aliphatic carbocycles. The third-order valence-electron chi connectivity index (χ3n) is 4.81. The van der Waals surface area contributed by atoms with Crippen molar-refractivity contribution in [3.05, 3.63) is 107 Å². The number of nitrogens with one attached hydrogen (secondary N) is 2. The molecule has 0 bridgehead atoms. The number of hydrogen-bond acceptors (Lipinski definition) is 2. The normalized spacial score (nSPS) is 15.7. The van der Waals surface area contributed by atoms with Gasteiger partial charge in [0, 0.05) is 0 Å². The highest BCUT2D eigenvalue weighted by Crippen LogP contribution is 2.36. The van der Waals surface area contributed by atoms with Crippen molar-refractivity contribution in [2.75, 3.05) is 0 Å². The number of nitrogens with zero attached hydrogens (tertiary/aromatic N) is 1. The van der Waals surface area contributed by atoms with Gasteiger partial charge in [-0.2, -0.15) is 0 Å². The van der Waals surface area contributed by atoms with Crippen molar-refractivity contribution in [1.29, 1.82) is 5.41 Å². The van der Waals surface area contributed by atoms with Gasteiger partial charge in [-0.3, -0.25) is 15.1 Å². The Morgan fingerprint density at radius 2 is 1.37 bits per heavy atom. The summed E-state index contributed by atoms with van der Waals surface area (Å²) in [6, 6.07) is 24.8. The third kappa shape index (κ3) is 2.87. The lowest BCUT2D eigenvalue weighted by Crippen LogP contribution is -2.45. The molecule has 4 rings (SSSR count). The van der Waals surface area contributed by atoms with Gasteiger partial charge in [0.15, 0.2) is 11.5 Å². The Bertz CT molecular complexity index is 932. The molecule has 3 aromatic rings. The summed E-state index contributed by atoms with van der Waals surface area (Å²) in [7, 11) is 0. The lowest BCUT2D eigenvalue weighted by Gasteiger charge is -2.28. The highest BCUT2D eigenvalue weighted by molar-refractivity contribution is 6.10. The molecule has 27 heavy (non-hydrogen) atoms. The van der Waals surface area contributed by atoms with Crippen LogP contribution >= 0.6 is 0 Å². The predicted molar refractivity (Wildman–Crippen MR) is 101 cm³/mol. The summed E-state index contributed by atoms with van der Waals surface area (Å²) < 4.78 is 13.2. The summed E-state index contributed by atoms with van der Waals surface area (Å²) in [6.07, 6.45) is 0. The first-order chi connectivity index (χ1) is 13.1. The second-order valence-corrected chi connectivity index (χ2v) is 6.47. The Morgan fingerprint density at radius 3 is 1.89 bits per heavy atom. The van der Waals surface area contributed by atoms with Crippen LogP contribution in [-0.4, -0.2) is 16.8 Å². The molecule has 1 fully saturated rings. The Hall–Kier alpha value is -3.47. The van der Waals surface area contributed by atoms with E-state index in [9.17, 15) is 9.18 Å². The van der Waals surface area contributed by atoms with Crippen molar-refractivity contribution in [2.45, 2.75) is 12.1 Å². The van der Waals surface area contributed by atoms with Crippen LogP contribution in [0.5, 0.6) is 0 Å². The highest BCUT2D eigenvalue weighted by Gasteiger charge is 2.51. The number of guanidine groups is 1. The van der Waals surface area contributed by atoms with E-state index in [1.165, 1.54) is 17.0 Å². The number of hydrogen-bond donors (Lipinski definition) is 2. The van der Waals surface area contributed by atoms with Gasteiger partial charge in [0.2, 0.25) is 0 Å². The summed E-state index contributed by atoms with van der Waals surface area (Å²) in [5.74, 6) is -0.533. The van der Waals surface area contributed by atoms with Gasteiger partial charge in [-0.1, -0.05) is 72.8 Å². The second kappa shape index (κ2) is 6.68. The minimum Gasteiger partial charge on any atom is -0.334 e. The topological polar surface area (TPSA) is 56.2 Å². The van der Waals surface area contributed by atoms with Crippen LogP contribution < -0.4 is 5.32 Å². The molecule has 0 aromatic heterocycles. The molecule has 0 unspecified atom stereocenters. The molecule has 0 atom stereocenters. The van der Waals surface area contributed by atoms with Crippen molar-refractivity contribution >= 4 is 11.9 Å². The molecule has 0 saturated carbocycles. The van der Waals surface area contributed by atoms with E-state index in [1.807, 2.05) is 60.7 Å². The molecule has 134 valence electrons. The van der Waals surface area contributed by atoms with Crippen molar-refractivity contribution in [1.82, 2.24) is 10.2 Å². The van der Waals surface area contributed by atoms with Crippen LogP contribution in [0.3, 0.4) is 0 Å². The first kappa shape index (κ1) is 17.0. The number of halogens is 1. The average molecular weight is 359 g/mol. The maximum atomic E-state index is 13.6. The van der Waals surface area contributed by atoms with Gasteiger partial charge in [0.25, 0.3) is 5.91 Å². The van der Waals surface area contributed by atoms with E-state index in [0.717, 1.165) is 16.7 Å². The van der Waals surface area contributed by atoms with Crippen LogP contribution in [0.2, 0.25) is 0 Å². The standard InChI is InChI=1S/C22H18FN3O/c23-19-13-11-16(12-14-19)15-26-20(27)22(25-21(26)24,17-7-3-1-4-8-17)18-9-5-2-6-10-18/h1-14H,15H2,(H2,24,25). The Morgan fingerprint density at radius 1 is 0.852 bits per heavy atom. The Balaban J connectivity index is 1.78. The number of carbonyl (C=O) groups is 1. The van der Waals surface area contributed by atoms with Crippen molar-refractivity contribution in [3.63, 3.8) is 0 Å². The van der Waals surface area contributed by atoms with Gasteiger partial charge in [-0.15, -0.1) is 0 Å². The molecule has 1 saturated heterocycles.